The lowest BCUT2D eigenvalue weighted by molar-refractivity contribution is 0.260. The second-order valence-electron chi connectivity index (χ2n) is 5.37. The fraction of sp³-hybridized carbons (Fsp3) is 0.375. The third kappa shape index (κ3) is 3.70. The molecule has 2 heterocycles. The molecule has 0 bridgehead atoms. The zero-order chi connectivity index (χ0) is 14.5. The van der Waals surface area contributed by atoms with E-state index in [1.807, 2.05) is 18.2 Å². The van der Waals surface area contributed by atoms with Gasteiger partial charge < -0.3 is 10.6 Å². The van der Waals surface area contributed by atoms with Crippen molar-refractivity contribution in [2.24, 2.45) is 0 Å². The van der Waals surface area contributed by atoms with Gasteiger partial charge in [-0.1, -0.05) is 12.1 Å². The first-order chi connectivity index (χ1) is 10.3. The summed E-state index contributed by atoms with van der Waals surface area (Å²) in [7, 11) is 0. The summed E-state index contributed by atoms with van der Waals surface area (Å²) < 4.78 is 0. The molecule has 5 nitrogen and oxygen atoms in total. The Hall–Kier alpha value is -2.14. The van der Waals surface area contributed by atoms with Crippen LogP contribution in [0, 0.1) is 0 Å². The smallest absolute Gasteiger partial charge is 0.225 e. The Morgan fingerprint density at radius 1 is 0.952 bits per heavy atom. The molecule has 0 spiro atoms. The molecule has 1 aromatic heterocycles. The molecule has 0 amide bonds. The third-order valence-electron chi connectivity index (χ3n) is 3.90. The molecular weight excluding hydrogens is 262 g/mol. The van der Waals surface area contributed by atoms with Crippen molar-refractivity contribution >= 4 is 11.6 Å². The normalized spacial score (nSPS) is 16.1. The van der Waals surface area contributed by atoms with Gasteiger partial charge in [0.2, 0.25) is 5.95 Å². The minimum Gasteiger partial charge on any atom is -0.399 e. The van der Waals surface area contributed by atoms with Crippen LogP contribution >= 0.6 is 0 Å². The van der Waals surface area contributed by atoms with Crippen molar-refractivity contribution in [1.82, 2.24) is 14.9 Å². The molecule has 21 heavy (non-hydrogen) atoms. The standard InChI is InChI=1S/C16H21N5/c17-15-4-2-14(3-5-15)6-9-20-10-12-21(13-11-20)16-18-7-1-8-19-16/h1-5,7-8H,6,9-13,17H2. The Kier molecular flexibility index (Phi) is 4.31. The number of anilines is 2. The van der Waals surface area contributed by atoms with Gasteiger partial charge in [-0.2, -0.15) is 0 Å². The first-order valence-electron chi connectivity index (χ1n) is 7.40. The summed E-state index contributed by atoms with van der Waals surface area (Å²) in [6.07, 6.45) is 4.67. The summed E-state index contributed by atoms with van der Waals surface area (Å²) >= 11 is 0. The van der Waals surface area contributed by atoms with Crippen molar-refractivity contribution < 1.29 is 0 Å². The highest BCUT2D eigenvalue weighted by Gasteiger charge is 2.18. The molecule has 1 aliphatic rings. The number of rotatable bonds is 4. The van der Waals surface area contributed by atoms with Crippen molar-refractivity contribution in [2.75, 3.05) is 43.4 Å². The van der Waals surface area contributed by atoms with Gasteiger partial charge in [0, 0.05) is 50.8 Å². The van der Waals surface area contributed by atoms with Gasteiger partial charge in [-0.05, 0) is 30.2 Å². The predicted octanol–water partition coefficient (Wildman–Crippen LogP) is 1.42. The monoisotopic (exact) mass is 283 g/mol. The van der Waals surface area contributed by atoms with Crippen LogP contribution in [0.15, 0.2) is 42.7 Å². The zero-order valence-corrected chi connectivity index (χ0v) is 12.2. The van der Waals surface area contributed by atoms with E-state index in [4.69, 9.17) is 5.73 Å². The Labute approximate surface area is 125 Å². The van der Waals surface area contributed by atoms with Crippen molar-refractivity contribution in [3.05, 3.63) is 48.3 Å². The minimum absolute atomic E-state index is 0.829. The molecule has 3 rings (SSSR count). The maximum absolute atomic E-state index is 5.71. The van der Waals surface area contributed by atoms with E-state index < -0.39 is 0 Å². The summed E-state index contributed by atoms with van der Waals surface area (Å²) in [5.41, 5.74) is 7.88. The number of hydrogen-bond acceptors (Lipinski definition) is 5. The number of nitrogens with two attached hydrogens (primary N) is 1. The minimum atomic E-state index is 0.829. The number of nitrogens with zero attached hydrogens (tertiary/aromatic N) is 4. The largest absolute Gasteiger partial charge is 0.399 e. The Morgan fingerprint density at radius 3 is 2.29 bits per heavy atom. The Balaban J connectivity index is 1.47. The van der Waals surface area contributed by atoms with Crippen molar-refractivity contribution in [1.29, 1.82) is 0 Å². The maximum Gasteiger partial charge on any atom is 0.225 e. The molecule has 0 unspecified atom stereocenters. The van der Waals surface area contributed by atoms with Gasteiger partial charge in [0.05, 0.1) is 0 Å². The van der Waals surface area contributed by atoms with E-state index in [1.54, 1.807) is 12.4 Å². The van der Waals surface area contributed by atoms with E-state index in [-0.39, 0.29) is 0 Å². The van der Waals surface area contributed by atoms with E-state index in [1.165, 1.54) is 5.56 Å². The lowest BCUT2D eigenvalue weighted by Gasteiger charge is -2.34. The zero-order valence-electron chi connectivity index (χ0n) is 12.2. The highest BCUT2D eigenvalue weighted by molar-refractivity contribution is 5.39. The van der Waals surface area contributed by atoms with Gasteiger partial charge in [-0.15, -0.1) is 0 Å². The van der Waals surface area contributed by atoms with Gasteiger partial charge in [0.15, 0.2) is 0 Å². The fourth-order valence-corrected chi connectivity index (χ4v) is 2.60. The van der Waals surface area contributed by atoms with Crippen LogP contribution in [0.3, 0.4) is 0 Å². The molecular formula is C16H21N5. The van der Waals surface area contributed by atoms with E-state index in [9.17, 15) is 0 Å². The molecule has 2 aromatic rings. The Morgan fingerprint density at radius 2 is 1.62 bits per heavy atom. The van der Waals surface area contributed by atoms with E-state index in [2.05, 4.69) is 31.9 Å². The van der Waals surface area contributed by atoms with Crippen LogP contribution in [0.4, 0.5) is 11.6 Å². The average Bonchev–Trinajstić information content (AvgIpc) is 2.56. The molecule has 0 aliphatic carbocycles. The van der Waals surface area contributed by atoms with E-state index >= 15 is 0 Å². The molecule has 1 aliphatic heterocycles. The molecule has 1 saturated heterocycles. The van der Waals surface area contributed by atoms with Crippen LogP contribution in [0.25, 0.3) is 0 Å². The molecule has 5 heteroatoms. The molecule has 0 atom stereocenters. The van der Waals surface area contributed by atoms with Crippen LogP contribution in [0.2, 0.25) is 0 Å². The van der Waals surface area contributed by atoms with Gasteiger partial charge in [0.25, 0.3) is 0 Å². The first kappa shape index (κ1) is 13.8. The summed E-state index contributed by atoms with van der Waals surface area (Å²) in [6.45, 7) is 5.20. The lowest BCUT2D eigenvalue weighted by atomic mass is 10.1. The maximum atomic E-state index is 5.71. The quantitative estimate of drug-likeness (QED) is 0.860. The fourth-order valence-electron chi connectivity index (χ4n) is 2.60. The average molecular weight is 283 g/mol. The SMILES string of the molecule is Nc1ccc(CCN2CCN(c3ncccn3)CC2)cc1. The third-order valence-corrected chi connectivity index (χ3v) is 3.90. The van der Waals surface area contributed by atoms with Crippen LogP contribution in [-0.4, -0.2) is 47.6 Å². The van der Waals surface area contributed by atoms with Gasteiger partial charge in [-0.25, -0.2) is 9.97 Å². The number of benzene rings is 1. The second kappa shape index (κ2) is 6.54. The van der Waals surface area contributed by atoms with Crippen molar-refractivity contribution in [3.63, 3.8) is 0 Å². The van der Waals surface area contributed by atoms with Gasteiger partial charge in [-0.3, -0.25) is 4.90 Å². The molecule has 110 valence electrons. The van der Waals surface area contributed by atoms with Crippen molar-refractivity contribution in [2.45, 2.75) is 6.42 Å². The van der Waals surface area contributed by atoms with Crippen LogP contribution in [0.1, 0.15) is 5.56 Å². The molecule has 0 radical (unpaired) electrons. The van der Waals surface area contributed by atoms with Crippen molar-refractivity contribution in [3.8, 4) is 0 Å². The Bertz CT molecular complexity index is 547. The van der Waals surface area contributed by atoms with Crippen LogP contribution < -0.4 is 10.6 Å². The highest BCUT2D eigenvalue weighted by atomic mass is 15.3. The summed E-state index contributed by atoms with van der Waals surface area (Å²) in [4.78, 5) is 13.4. The number of aromatic nitrogens is 2. The molecule has 2 N–H and O–H groups in total. The van der Waals surface area contributed by atoms with E-state index in [0.29, 0.717) is 0 Å². The lowest BCUT2D eigenvalue weighted by Crippen LogP contribution is -2.47. The summed E-state index contributed by atoms with van der Waals surface area (Å²) in [6, 6.07) is 10.0. The second-order valence-corrected chi connectivity index (χ2v) is 5.37. The molecule has 0 saturated carbocycles. The summed E-state index contributed by atoms with van der Waals surface area (Å²) in [5.74, 6) is 0.843. The first-order valence-corrected chi connectivity index (χ1v) is 7.40. The topological polar surface area (TPSA) is 58.3 Å². The highest BCUT2D eigenvalue weighted by Crippen LogP contribution is 2.11. The van der Waals surface area contributed by atoms with Crippen LogP contribution in [0.5, 0.6) is 0 Å². The number of piperazine rings is 1. The molecule has 1 fully saturated rings. The summed E-state index contributed by atoms with van der Waals surface area (Å²) in [5, 5.41) is 0. The van der Waals surface area contributed by atoms with E-state index in [0.717, 1.165) is 50.8 Å². The number of hydrogen-bond donors (Lipinski definition) is 1. The van der Waals surface area contributed by atoms with Gasteiger partial charge >= 0.3 is 0 Å². The predicted molar refractivity (Wildman–Crippen MR) is 85.2 cm³/mol. The molecule has 1 aromatic carbocycles. The van der Waals surface area contributed by atoms with Crippen LogP contribution in [-0.2, 0) is 6.42 Å². The number of nitrogen functional groups attached to an aromatic ring is 1. The van der Waals surface area contributed by atoms with Gasteiger partial charge in [0.1, 0.15) is 0 Å².